The molecule has 0 fully saturated rings. The first-order chi connectivity index (χ1) is 13.1. The van der Waals surface area contributed by atoms with Crippen molar-refractivity contribution < 1.29 is 18.7 Å². The van der Waals surface area contributed by atoms with Crippen LogP contribution < -0.4 is 9.47 Å². The van der Waals surface area contributed by atoms with Crippen molar-refractivity contribution in [1.29, 1.82) is 0 Å². The number of benzene rings is 2. The molecule has 2 aromatic carbocycles. The van der Waals surface area contributed by atoms with Crippen LogP contribution in [0.5, 0.6) is 11.5 Å². The Kier molecular flexibility index (Phi) is 5.71. The Labute approximate surface area is 157 Å². The molecule has 0 radical (unpaired) electrons. The maximum atomic E-state index is 12.4. The summed E-state index contributed by atoms with van der Waals surface area (Å²) >= 11 is 0. The van der Waals surface area contributed by atoms with Crippen molar-refractivity contribution in [2.24, 2.45) is 0 Å². The number of likely N-dealkylation sites (N-methyl/N-ethyl adjacent to an activating group) is 1. The van der Waals surface area contributed by atoms with E-state index in [2.05, 4.69) is 10.2 Å². The number of carbonyl (C=O) groups excluding carboxylic acids is 1. The molecule has 27 heavy (non-hydrogen) atoms. The highest BCUT2D eigenvalue weighted by Crippen LogP contribution is 2.31. The second-order valence-electron chi connectivity index (χ2n) is 5.98. The molecule has 0 atom stereocenters. The van der Waals surface area contributed by atoms with Crippen LogP contribution in [0.15, 0.2) is 52.9 Å². The number of rotatable bonds is 7. The number of amides is 1. The predicted molar refractivity (Wildman–Crippen MR) is 99.5 cm³/mol. The minimum Gasteiger partial charge on any atom is -0.493 e. The average Bonchev–Trinajstić information content (AvgIpc) is 3.16. The highest BCUT2D eigenvalue weighted by molar-refractivity contribution is 5.78. The van der Waals surface area contributed by atoms with Crippen LogP contribution in [0, 0.1) is 0 Å². The van der Waals surface area contributed by atoms with E-state index in [1.165, 1.54) is 0 Å². The van der Waals surface area contributed by atoms with Gasteiger partial charge < -0.3 is 18.8 Å². The average molecular weight is 367 g/mol. The minimum atomic E-state index is -0.0212. The fourth-order valence-corrected chi connectivity index (χ4v) is 2.60. The summed E-state index contributed by atoms with van der Waals surface area (Å²) in [6.07, 6.45) is 0.327. The molecule has 0 aliphatic carbocycles. The maximum Gasteiger partial charge on any atom is 0.247 e. The number of methoxy groups -OCH3 is 2. The summed E-state index contributed by atoms with van der Waals surface area (Å²) in [6, 6.07) is 14.9. The Morgan fingerprint density at radius 1 is 1.04 bits per heavy atom. The number of hydrogen-bond acceptors (Lipinski definition) is 6. The molecule has 3 aromatic rings. The highest BCUT2D eigenvalue weighted by Gasteiger charge is 2.16. The van der Waals surface area contributed by atoms with E-state index in [-0.39, 0.29) is 12.5 Å². The molecule has 1 heterocycles. The fourth-order valence-electron chi connectivity index (χ4n) is 2.60. The van der Waals surface area contributed by atoms with Gasteiger partial charge in [0.25, 0.3) is 0 Å². The van der Waals surface area contributed by atoms with Crippen molar-refractivity contribution in [3.05, 3.63) is 60.0 Å². The molecule has 0 bridgehead atoms. The van der Waals surface area contributed by atoms with Gasteiger partial charge in [0.1, 0.15) is 0 Å². The summed E-state index contributed by atoms with van der Waals surface area (Å²) < 4.78 is 16.2. The second-order valence-corrected chi connectivity index (χ2v) is 5.98. The largest absolute Gasteiger partial charge is 0.493 e. The van der Waals surface area contributed by atoms with E-state index in [4.69, 9.17) is 13.9 Å². The number of hydrogen-bond donors (Lipinski definition) is 0. The maximum absolute atomic E-state index is 12.4. The third kappa shape index (κ3) is 4.44. The molecule has 7 nitrogen and oxygen atoms in total. The van der Waals surface area contributed by atoms with E-state index in [0.29, 0.717) is 35.3 Å². The van der Waals surface area contributed by atoms with Gasteiger partial charge in [0.15, 0.2) is 11.5 Å². The van der Waals surface area contributed by atoms with Crippen molar-refractivity contribution in [3.8, 4) is 23.0 Å². The van der Waals surface area contributed by atoms with Crippen LogP contribution in [0.2, 0.25) is 0 Å². The van der Waals surface area contributed by atoms with Gasteiger partial charge in [-0.15, -0.1) is 10.2 Å². The van der Waals surface area contributed by atoms with Gasteiger partial charge in [0.2, 0.25) is 17.7 Å². The molecule has 1 aromatic heterocycles. The molecule has 0 saturated heterocycles. The van der Waals surface area contributed by atoms with E-state index in [1.807, 2.05) is 36.4 Å². The van der Waals surface area contributed by atoms with Gasteiger partial charge in [0.05, 0.1) is 27.2 Å². The van der Waals surface area contributed by atoms with Gasteiger partial charge in [-0.05, 0) is 23.8 Å². The summed E-state index contributed by atoms with van der Waals surface area (Å²) in [7, 11) is 4.85. The molecule has 0 aliphatic rings. The normalized spacial score (nSPS) is 10.5. The van der Waals surface area contributed by atoms with Gasteiger partial charge in [-0.3, -0.25) is 4.79 Å². The summed E-state index contributed by atoms with van der Waals surface area (Å²) in [4.78, 5) is 13.9. The molecular weight excluding hydrogens is 346 g/mol. The first kappa shape index (κ1) is 18.4. The van der Waals surface area contributed by atoms with Gasteiger partial charge in [-0.2, -0.15) is 0 Å². The molecule has 0 spiro atoms. The highest BCUT2D eigenvalue weighted by atomic mass is 16.5. The van der Waals surface area contributed by atoms with Gasteiger partial charge >= 0.3 is 0 Å². The van der Waals surface area contributed by atoms with Crippen molar-refractivity contribution in [1.82, 2.24) is 15.1 Å². The van der Waals surface area contributed by atoms with Crippen LogP contribution in [0.4, 0.5) is 0 Å². The van der Waals surface area contributed by atoms with E-state index in [0.717, 1.165) is 5.56 Å². The lowest BCUT2D eigenvalue weighted by Crippen LogP contribution is -2.27. The van der Waals surface area contributed by atoms with Crippen LogP contribution in [-0.2, 0) is 17.8 Å². The van der Waals surface area contributed by atoms with E-state index >= 15 is 0 Å². The minimum absolute atomic E-state index is 0.0212. The lowest BCUT2D eigenvalue weighted by atomic mass is 10.1. The fraction of sp³-hybridized carbons (Fsp3) is 0.250. The Bertz CT molecular complexity index is 909. The lowest BCUT2D eigenvalue weighted by Gasteiger charge is -2.14. The Hall–Kier alpha value is -3.35. The quantitative estimate of drug-likeness (QED) is 0.639. The molecule has 0 unspecified atom stereocenters. The van der Waals surface area contributed by atoms with Crippen LogP contribution in [0.25, 0.3) is 11.5 Å². The third-order valence-corrected chi connectivity index (χ3v) is 4.09. The summed E-state index contributed by atoms with van der Waals surface area (Å²) in [5.41, 5.74) is 1.68. The predicted octanol–water partition coefficient (Wildman–Crippen LogP) is 2.95. The van der Waals surface area contributed by atoms with E-state index in [1.54, 1.807) is 38.3 Å². The smallest absolute Gasteiger partial charge is 0.247 e. The Morgan fingerprint density at radius 3 is 2.48 bits per heavy atom. The molecule has 3 rings (SSSR count). The SMILES string of the molecule is COc1ccc(-c2nnc(CN(C)C(=O)Cc3ccccc3)o2)cc1OC. The summed E-state index contributed by atoms with van der Waals surface area (Å²) in [5, 5.41) is 8.10. The first-order valence-corrected chi connectivity index (χ1v) is 8.43. The Balaban J connectivity index is 1.68. The number of carbonyl (C=O) groups is 1. The van der Waals surface area contributed by atoms with E-state index in [9.17, 15) is 4.79 Å². The zero-order valence-electron chi connectivity index (χ0n) is 15.5. The standard InChI is InChI=1S/C20H21N3O4/c1-23(19(24)11-14-7-5-4-6-8-14)13-18-21-22-20(27-18)15-9-10-16(25-2)17(12-15)26-3/h4-10,12H,11,13H2,1-3H3. The van der Waals surface area contributed by atoms with Crippen molar-refractivity contribution in [3.63, 3.8) is 0 Å². The topological polar surface area (TPSA) is 77.7 Å². The summed E-state index contributed by atoms with van der Waals surface area (Å²) in [5.74, 6) is 1.89. The van der Waals surface area contributed by atoms with Crippen LogP contribution in [0.1, 0.15) is 11.5 Å². The zero-order valence-corrected chi connectivity index (χ0v) is 15.5. The molecule has 1 amide bonds. The van der Waals surface area contributed by atoms with Crippen molar-refractivity contribution >= 4 is 5.91 Å². The molecule has 0 N–H and O–H groups in total. The second kappa shape index (κ2) is 8.35. The Morgan fingerprint density at radius 2 is 1.78 bits per heavy atom. The van der Waals surface area contributed by atoms with Crippen LogP contribution in [-0.4, -0.2) is 42.3 Å². The third-order valence-electron chi connectivity index (χ3n) is 4.09. The zero-order chi connectivity index (χ0) is 19.2. The van der Waals surface area contributed by atoms with Crippen molar-refractivity contribution in [2.75, 3.05) is 21.3 Å². The van der Waals surface area contributed by atoms with Gasteiger partial charge in [-0.1, -0.05) is 30.3 Å². The first-order valence-electron chi connectivity index (χ1n) is 8.43. The molecule has 0 aliphatic heterocycles. The lowest BCUT2D eigenvalue weighted by molar-refractivity contribution is -0.130. The summed E-state index contributed by atoms with van der Waals surface area (Å²) in [6.45, 7) is 0.242. The molecule has 7 heteroatoms. The van der Waals surface area contributed by atoms with Gasteiger partial charge in [-0.25, -0.2) is 0 Å². The molecule has 0 saturated carbocycles. The number of aromatic nitrogens is 2. The van der Waals surface area contributed by atoms with E-state index < -0.39 is 0 Å². The molecular formula is C20H21N3O4. The molecule has 140 valence electrons. The van der Waals surface area contributed by atoms with Crippen molar-refractivity contribution in [2.45, 2.75) is 13.0 Å². The number of ether oxygens (including phenoxy) is 2. The van der Waals surface area contributed by atoms with Crippen LogP contribution in [0.3, 0.4) is 0 Å². The van der Waals surface area contributed by atoms with Gasteiger partial charge in [0, 0.05) is 12.6 Å². The van der Waals surface area contributed by atoms with Crippen LogP contribution >= 0.6 is 0 Å². The number of nitrogens with zero attached hydrogens (tertiary/aromatic N) is 3. The monoisotopic (exact) mass is 367 g/mol.